The molecule has 0 bridgehead atoms. The van der Waals surface area contributed by atoms with Crippen molar-refractivity contribution in [3.8, 4) is 0 Å². The number of guanidine groups is 1. The van der Waals surface area contributed by atoms with Crippen LogP contribution in [0.4, 0.5) is 0 Å². The lowest BCUT2D eigenvalue weighted by molar-refractivity contribution is 0.280. The first-order valence-corrected chi connectivity index (χ1v) is 5.22. The van der Waals surface area contributed by atoms with Gasteiger partial charge < -0.3 is 9.80 Å². The zero-order valence-corrected chi connectivity index (χ0v) is 9.08. The first-order valence-electron chi connectivity index (χ1n) is 5.22. The summed E-state index contributed by atoms with van der Waals surface area (Å²) in [5.74, 6) is 1.17. The smallest absolute Gasteiger partial charge is 0.196 e. The highest BCUT2D eigenvalue weighted by atomic mass is 15.4. The molecule has 3 nitrogen and oxygen atoms in total. The summed E-state index contributed by atoms with van der Waals surface area (Å²) in [4.78, 5) is 8.98. The van der Waals surface area contributed by atoms with Gasteiger partial charge in [0.2, 0.25) is 0 Å². The lowest BCUT2D eigenvalue weighted by Gasteiger charge is -2.36. The molecule has 1 heterocycles. The Labute approximate surface area is 81.4 Å². The number of rotatable bonds is 3. The summed E-state index contributed by atoms with van der Waals surface area (Å²) in [5, 5.41) is 0. The molecule has 0 aromatic rings. The van der Waals surface area contributed by atoms with Gasteiger partial charge in [0.1, 0.15) is 0 Å². The molecule has 0 saturated carbocycles. The molecule has 76 valence electrons. The maximum Gasteiger partial charge on any atom is 0.196 e. The maximum absolute atomic E-state index is 4.33. The molecule has 0 aliphatic carbocycles. The first-order chi connectivity index (χ1) is 6.29. The summed E-state index contributed by atoms with van der Waals surface area (Å²) in [7, 11) is 4.01. The molecule has 0 unspecified atom stereocenters. The lowest BCUT2D eigenvalue weighted by Crippen LogP contribution is -2.48. The van der Waals surface area contributed by atoms with Crippen LogP contribution < -0.4 is 0 Å². The van der Waals surface area contributed by atoms with Crippen molar-refractivity contribution in [1.29, 1.82) is 0 Å². The van der Waals surface area contributed by atoms with E-state index in [-0.39, 0.29) is 0 Å². The summed E-state index contributed by atoms with van der Waals surface area (Å²) >= 11 is 0. The molecule has 1 saturated heterocycles. The van der Waals surface area contributed by atoms with E-state index in [0.717, 1.165) is 13.1 Å². The molecule has 1 rings (SSSR count). The second kappa shape index (κ2) is 5.10. The second-order valence-electron chi connectivity index (χ2n) is 3.64. The Bertz CT molecular complexity index is 177. The minimum Gasteiger partial charge on any atom is -0.346 e. The molecule has 0 aromatic heterocycles. The predicted molar refractivity (Wildman–Crippen MR) is 57.1 cm³/mol. The minimum absolute atomic E-state index is 1.15. The molecule has 0 radical (unpaired) electrons. The van der Waals surface area contributed by atoms with Crippen molar-refractivity contribution in [3.05, 3.63) is 0 Å². The third-order valence-electron chi connectivity index (χ3n) is 2.53. The standard InChI is InChI=1S/C10H21N3/c1-4-5-8-13-9-6-7-12(3)10(13)11-2/h4-9H2,1-3H3/b11-10+. The zero-order chi connectivity index (χ0) is 9.68. The van der Waals surface area contributed by atoms with Crippen LogP contribution in [-0.4, -0.2) is 49.5 Å². The zero-order valence-electron chi connectivity index (χ0n) is 9.08. The van der Waals surface area contributed by atoms with Crippen LogP contribution >= 0.6 is 0 Å². The quantitative estimate of drug-likeness (QED) is 0.659. The third-order valence-corrected chi connectivity index (χ3v) is 2.53. The van der Waals surface area contributed by atoms with E-state index in [1.807, 2.05) is 7.05 Å². The van der Waals surface area contributed by atoms with Crippen LogP contribution in [0.5, 0.6) is 0 Å². The molecule has 13 heavy (non-hydrogen) atoms. The van der Waals surface area contributed by atoms with E-state index in [1.54, 1.807) is 0 Å². The molecule has 1 aliphatic rings. The highest BCUT2D eigenvalue weighted by Gasteiger charge is 2.18. The Kier molecular flexibility index (Phi) is 4.06. The van der Waals surface area contributed by atoms with Crippen molar-refractivity contribution in [1.82, 2.24) is 9.80 Å². The number of hydrogen-bond donors (Lipinski definition) is 0. The fourth-order valence-electron chi connectivity index (χ4n) is 1.81. The number of nitrogens with zero attached hydrogens (tertiary/aromatic N) is 3. The van der Waals surface area contributed by atoms with Crippen molar-refractivity contribution in [2.75, 3.05) is 33.7 Å². The molecule has 0 atom stereocenters. The van der Waals surface area contributed by atoms with Crippen LogP contribution in [0.25, 0.3) is 0 Å². The van der Waals surface area contributed by atoms with Crippen LogP contribution in [-0.2, 0) is 0 Å². The number of hydrogen-bond acceptors (Lipinski definition) is 1. The molecular weight excluding hydrogens is 162 g/mol. The molecule has 0 spiro atoms. The molecule has 1 aliphatic heterocycles. The van der Waals surface area contributed by atoms with Crippen molar-refractivity contribution >= 4 is 5.96 Å². The van der Waals surface area contributed by atoms with E-state index in [4.69, 9.17) is 0 Å². The SMILES string of the molecule is CCCCN1CCCN(C)/C1=N\C. The summed E-state index contributed by atoms with van der Waals surface area (Å²) in [6.45, 7) is 5.72. The molecule has 0 N–H and O–H groups in total. The van der Waals surface area contributed by atoms with Crippen LogP contribution in [0.1, 0.15) is 26.2 Å². The van der Waals surface area contributed by atoms with Crippen molar-refractivity contribution in [3.63, 3.8) is 0 Å². The van der Waals surface area contributed by atoms with Gasteiger partial charge in [0.25, 0.3) is 0 Å². The van der Waals surface area contributed by atoms with Gasteiger partial charge in [0, 0.05) is 33.7 Å². The average molecular weight is 183 g/mol. The summed E-state index contributed by atoms with van der Waals surface area (Å²) < 4.78 is 0. The van der Waals surface area contributed by atoms with Gasteiger partial charge in [-0.15, -0.1) is 0 Å². The van der Waals surface area contributed by atoms with E-state index in [9.17, 15) is 0 Å². The maximum atomic E-state index is 4.33. The van der Waals surface area contributed by atoms with E-state index in [2.05, 4.69) is 28.8 Å². The molecule has 0 amide bonds. The number of aliphatic imine (C=N–C) groups is 1. The largest absolute Gasteiger partial charge is 0.346 e. The van der Waals surface area contributed by atoms with Gasteiger partial charge in [-0.05, 0) is 12.8 Å². The van der Waals surface area contributed by atoms with E-state index in [0.29, 0.717) is 0 Å². The van der Waals surface area contributed by atoms with Gasteiger partial charge in [-0.2, -0.15) is 0 Å². The van der Waals surface area contributed by atoms with E-state index >= 15 is 0 Å². The summed E-state index contributed by atoms with van der Waals surface area (Å²) in [6, 6.07) is 0. The normalized spacial score (nSPS) is 21.3. The van der Waals surface area contributed by atoms with Crippen molar-refractivity contribution in [2.45, 2.75) is 26.2 Å². The molecule has 0 aromatic carbocycles. The van der Waals surface area contributed by atoms with Crippen molar-refractivity contribution in [2.24, 2.45) is 4.99 Å². The fraction of sp³-hybridized carbons (Fsp3) is 0.900. The Morgan fingerprint density at radius 1 is 1.38 bits per heavy atom. The van der Waals surface area contributed by atoms with Crippen LogP contribution in [0.2, 0.25) is 0 Å². The number of unbranched alkanes of at least 4 members (excludes halogenated alkanes) is 1. The topological polar surface area (TPSA) is 18.8 Å². The molecule has 3 heteroatoms. The van der Waals surface area contributed by atoms with Gasteiger partial charge in [0.15, 0.2) is 5.96 Å². The summed E-state index contributed by atoms with van der Waals surface area (Å²) in [5.41, 5.74) is 0. The Balaban J connectivity index is 2.50. The second-order valence-corrected chi connectivity index (χ2v) is 3.64. The van der Waals surface area contributed by atoms with Gasteiger partial charge in [-0.25, -0.2) is 0 Å². The molecule has 1 fully saturated rings. The summed E-state index contributed by atoms with van der Waals surface area (Å²) in [6.07, 6.45) is 3.79. The Morgan fingerprint density at radius 3 is 2.77 bits per heavy atom. The highest BCUT2D eigenvalue weighted by Crippen LogP contribution is 2.08. The third kappa shape index (κ3) is 2.61. The van der Waals surface area contributed by atoms with Crippen LogP contribution in [0, 0.1) is 0 Å². The van der Waals surface area contributed by atoms with Gasteiger partial charge in [-0.1, -0.05) is 13.3 Å². The van der Waals surface area contributed by atoms with Gasteiger partial charge in [-0.3, -0.25) is 4.99 Å². The van der Waals surface area contributed by atoms with E-state index < -0.39 is 0 Å². The average Bonchev–Trinajstić information content (AvgIpc) is 2.15. The van der Waals surface area contributed by atoms with Gasteiger partial charge >= 0.3 is 0 Å². The van der Waals surface area contributed by atoms with Crippen LogP contribution in [0.15, 0.2) is 4.99 Å². The Morgan fingerprint density at radius 2 is 2.15 bits per heavy atom. The fourth-order valence-corrected chi connectivity index (χ4v) is 1.81. The lowest BCUT2D eigenvalue weighted by atomic mass is 10.2. The minimum atomic E-state index is 1.15. The van der Waals surface area contributed by atoms with Crippen molar-refractivity contribution < 1.29 is 0 Å². The van der Waals surface area contributed by atoms with E-state index in [1.165, 1.54) is 31.8 Å². The first kappa shape index (κ1) is 10.4. The predicted octanol–water partition coefficient (Wildman–Crippen LogP) is 1.41. The van der Waals surface area contributed by atoms with Crippen LogP contribution in [0.3, 0.4) is 0 Å². The highest BCUT2D eigenvalue weighted by molar-refractivity contribution is 5.80. The molecular formula is C10H21N3. The monoisotopic (exact) mass is 183 g/mol. The van der Waals surface area contributed by atoms with Gasteiger partial charge in [0.05, 0.1) is 0 Å². The Hall–Kier alpha value is -0.730.